The van der Waals surface area contributed by atoms with Gasteiger partial charge < -0.3 is 18.9 Å². The molecule has 2 unspecified atom stereocenters. The summed E-state index contributed by atoms with van der Waals surface area (Å²) in [6, 6.07) is 4.00. The molecule has 0 amide bonds. The van der Waals surface area contributed by atoms with E-state index < -0.39 is 12.6 Å². The average molecular weight is 485 g/mol. The quantitative estimate of drug-likeness (QED) is 0.184. The topological polar surface area (TPSA) is 54.0 Å². The van der Waals surface area contributed by atoms with Crippen molar-refractivity contribution in [2.24, 2.45) is 17.3 Å². The highest BCUT2D eigenvalue weighted by molar-refractivity contribution is 5.86. The number of hydrogen-bond acceptors (Lipinski definition) is 5. The molecule has 5 heteroatoms. The van der Waals surface area contributed by atoms with Gasteiger partial charge in [0.15, 0.2) is 12.6 Å². The summed E-state index contributed by atoms with van der Waals surface area (Å²) in [7, 11) is 0. The van der Waals surface area contributed by atoms with E-state index in [1.807, 2.05) is 39.8 Å². The molecule has 3 saturated carbocycles. The van der Waals surface area contributed by atoms with Gasteiger partial charge in [-0.3, -0.25) is 4.79 Å². The molecule has 0 heterocycles. The number of hydrogen-bond donors (Lipinski definition) is 0. The molecule has 5 nitrogen and oxygen atoms in total. The second kappa shape index (κ2) is 12.3. The predicted molar refractivity (Wildman–Crippen MR) is 139 cm³/mol. The highest BCUT2D eigenvalue weighted by atomic mass is 16.7. The first-order chi connectivity index (χ1) is 16.7. The summed E-state index contributed by atoms with van der Waals surface area (Å²) in [6.07, 6.45) is 4.91. The second-order valence-electron chi connectivity index (χ2n) is 10.4. The Balaban J connectivity index is 2.06. The SMILES string of the molecule is CCCCCC#Cc1cc(OC(C)OCC)c([C@@H]2CC(=O)[C@@H]3C[C@H]2C3(C)C)c(OC(C)OCC)c1. The van der Waals surface area contributed by atoms with E-state index in [1.165, 1.54) is 12.8 Å². The number of rotatable bonds is 12. The van der Waals surface area contributed by atoms with E-state index in [4.69, 9.17) is 18.9 Å². The zero-order valence-electron chi connectivity index (χ0n) is 22.7. The monoisotopic (exact) mass is 484 g/mol. The van der Waals surface area contributed by atoms with Gasteiger partial charge >= 0.3 is 0 Å². The van der Waals surface area contributed by atoms with Crippen molar-refractivity contribution in [2.75, 3.05) is 13.2 Å². The van der Waals surface area contributed by atoms with Crippen LogP contribution >= 0.6 is 0 Å². The smallest absolute Gasteiger partial charge is 0.196 e. The molecular formula is C30H44O5. The van der Waals surface area contributed by atoms with Crippen LogP contribution in [0.5, 0.6) is 11.5 Å². The molecule has 0 saturated heterocycles. The van der Waals surface area contributed by atoms with Crippen molar-refractivity contribution < 1.29 is 23.7 Å². The minimum atomic E-state index is -0.426. The molecule has 194 valence electrons. The Morgan fingerprint density at radius 2 is 1.60 bits per heavy atom. The van der Waals surface area contributed by atoms with Crippen molar-refractivity contribution >= 4 is 5.78 Å². The summed E-state index contributed by atoms with van der Waals surface area (Å²) in [5.74, 6) is 8.94. The maximum atomic E-state index is 13.0. The molecule has 1 aromatic carbocycles. The molecule has 2 bridgehead atoms. The minimum Gasteiger partial charge on any atom is -0.465 e. The van der Waals surface area contributed by atoms with E-state index in [0.29, 0.717) is 42.8 Å². The van der Waals surface area contributed by atoms with Gasteiger partial charge in [-0.1, -0.05) is 45.5 Å². The Hall–Kier alpha value is -2.03. The molecule has 35 heavy (non-hydrogen) atoms. The van der Waals surface area contributed by atoms with Crippen molar-refractivity contribution in [1.82, 2.24) is 0 Å². The Bertz CT molecular complexity index is 889. The van der Waals surface area contributed by atoms with Crippen LogP contribution in [-0.2, 0) is 14.3 Å². The molecule has 4 rings (SSSR count). The zero-order valence-corrected chi connectivity index (χ0v) is 22.7. The van der Waals surface area contributed by atoms with Gasteiger partial charge in [0.05, 0.1) is 0 Å². The summed E-state index contributed by atoms with van der Waals surface area (Å²) in [5, 5.41) is 0. The molecule has 1 aromatic rings. The van der Waals surface area contributed by atoms with Crippen molar-refractivity contribution in [2.45, 2.75) is 105 Å². The van der Waals surface area contributed by atoms with Gasteiger partial charge in [-0.2, -0.15) is 0 Å². The van der Waals surface area contributed by atoms with Gasteiger partial charge in [-0.05, 0) is 64.0 Å². The van der Waals surface area contributed by atoms with Crippen molar-refractivity contribution in [1.29, 1.82) is 0 Å². The van der Waals surface area contributed by atoms with E-state index in [-0.39, 0.29) is 17.3 Å². The van der Waals surface area contributed by atoms with Gasteiger partial charge in [0, 0.05) is 49.0 Å². The molecule has 0 radical (unpaired) electrons. The Kier molecular flexibility index (Phi) is 9.67. The number of Topliss-reactive ketones (excluding diaryl/α,β-unsaturated/α-hetero) is 1. The highest BCUT2D eigenvalue weighted by Crippen LogP contribution is 2.64. The number of ether oxygens (including phenoxy) is 4. The van der Waals surface area contributed by atoms with E-state index in [2.05, 4.69) is 32.6 Å². The van der Waals surface area contributed by atoms with E-state index in [9.17, 15) is 4.79 Å². The number of benzene rings is 1. The van der Waals surface area contributed by atoms with E-state index in [0.717, 1.165) is 30.4 Å². The normalized spacial score (nSPS) is 24.1. The van der Waals surface area contributed by atoms with Crippen LogP contribution in [0.4, 0.5) is 0 Å². The minimum absolute atomic E-state index is 0.0244. The molecule has 3 aliphatic rings. The van der Waals surface area contributed by atoms with Crippen molar-refractivity contribution in [3.63, 3.8) is 0 Å². The van der Waals surface area contributed by atoms with Gasteiger partial charge in [-0.25, -0.2) is 0 Å². The maximum Gasteiger partial charge on any atom is 0.196 e. The molecule has 0 spiro atoms. The molecule has 3 aliphatic carbocycles. The second-order valence-corrected chi connectivity index (χ2v) is 10.4. The molecule has 0 aliphatic heterocycles. The number of ketones is 1. The lowest BCUT2D eigenvalue weighted by molar-refractivity contribution is -0.152. The third kappa shape index (κ3) is 6.40. The van der Waals surface area contributed by atoms with Gasteiger partial charge in [0.25, 0.3) is 0 Å². The number of fused-ring (bicyclic) bond motifs is 2. The van der Waals surface area contributed by atoms with Crippen LogP contribution < -0.4 is 9.47 Å². The Morgan fingerprint density at radius 3 is 2.09 bits per heavy atom. The third-order valence-corrected chi connectivity index (χ3v) is 7.64. The van der Waals surface area contributed by atoms with E-state index in [1.54, 1.807) is 0 Å². The summed E-state index contributed by atoms with van der Waals surface area (Å²) in [4.78, 5) is 13.0. The average Bonchev–Trinajstić information content (AvgIpc) is 2.78. The van der Waals surface area contributed by atoms with Gasteiger partial charge in [-0.15, -0.1) is 0 Å². The van der Waals surface area contributed by atoms with Crippen LogP contribution in [0, 0.1) is 29.1 Å². The molecular weight excluding hydrogens is 440 g/mol. The van der Waals surface area contributed by atoms with Crippen LogP contribution in [0.2, 0.25) is 0 Å². The number of carbonyl (C=O) groups is 1. The summed E-state index contributed by atoms with van der Waals surface area (Å²) < 4.78 is 24.1. The fourth-order valence-corrected chi connectivity index (χ4v) is 5.75. The maximum absolute atomic E-state index is 13.0. The largest absolute Gasteiger partial charge is 0.465 e. The fourth-order valence-electron chi connectivity index (χ4n) is 5.75. The Labute approximate surface area is 212 Å². The highest BCUT2D eigenvalue weighted by Gasteiger charge is 2.59. The third-order valence-electron chi connectivity index (χ3n) is 7.64. The van der Waals surface area contributed by atoms with Crippen molar-refractivity contribution in [3.8, 4) is 23.3 Å². The zero-order chi connectivity index (χ0) is 25.6. The first kappa shape index (κ1) is 27.6. The first-order valence-corrected chi connectivity index (χ1v) is 13.5. The van der Waals surface area contributed by atoms with Crippen LogP contribution in [0.25, 0.3) is 0 Å². The summed E-state index contributed by atoms with van der Waals surface area (Å²) >= 11 is 0. The summed E-state index contributed by atoms with van der Waals surface area (Å²) in [5.41, 5.74) is 1.77. The predicted octanol–water partition coefficient (Wildman–Crippen LogP) is 6.86. The first-order valence-electron chi connectivity index (χ1n) is 13.5. The van der Waals surface area contributed by atoms with Crippen LogP contribution in [-0.4, -0.2) is 31.6 Å². The van der Waals surface area contributed by atoms with Crippen LogP contribution in [0.15, 0.2) is 12.1 Å². The molecule has 3 fully saturated rings. The van der Waals surface area contributed by atoms with Gasteiger partial charge in [0.1, 0.15) is 17.3 Å². The van der Waals surface area contributed by atoms with Gasteiger partial charge in [0.2, 0.25) is 0 Å². The van der Waals surface area contributed by atoms with Crippen LogP contribution in [0.1, 0.15) is 104 Å². The Morgan fingerprint density at radius 1 is 1.00 bits per heavy atom. The fraction of sp³-hybridized carbons (Fsp3) is 0.700. The molecule has 5 atom stereocenters. The molecule has 0 aromatic heterocycles. The van der Waals surface area contributed by atoms with E-state index >= 15 is 0 Å². The number of unbranched alkanes of at least 4 members (excludes halogenated alkanes) is 3. The van der Waals surface area contributed by atoms with Crippen LogP contribution in [0.3, 0.4) is 0 Å². The lowest BCUT2D eigenvalue weighted by atomic mass is 9.44. The lowest BCUT2D eigenvalue weighted by Crippen LogP contribution is -2.56. The standard InChI is InChI=1S/C30H44O5/c1-8-11-12-13-14-15-22-16-27(34-20(4)32-9-2)29(28(17-22)35-21(5)33-10-3)23-18-26(31)25-19-24(23)30(25,6)7/h16-17,20-21,23-25H,8-13,18-19H2,1-7H3/t20?,21?,23-,24-,25+/m1/s1. The van der Waals surface area contributed by atoms with Crippen molar-refractivity contribution in [3.05, 3.63) is 23.3 Å². The number of carbonyl (C=O) groups excluding carboxylic acids is 1. The molecule has 0 N–H and O–H groups in total. The summed E-state index contributed by atoms with van der Waals surface area (Å²) in [6.45, 7) is 15.4. The lowest BCUT2D eigenvalue weighted by Gasteiger charge is -2.59.